The van der Waals surface area contributed by atoms with Crippen molar-refractivity contribution in [3.63, 3.8) is 0 Å². The maximum Gasteiger partial charge on any atom is 0.261 e. The van der Waals surface area contributed by atoms with E-state index in [4.69, 9.17) is 4.74 Å². The van der Waals surface area contributed by atoms with Gasteiger partial charge in [0.05, 0.1) is 10.4 Å². The number of benzene rings is 1. The van der Waals surface area contributed by atoms with Crippen molar-refractivity contribution >= 4 is 43.9 Å². The number of hydrogen-bond donors (Lipinski definition) is 1. The number of rotatable bonds is 4. The first-order valence-electron chi connectivity index (χ1n) is 9.12. The highest BCUT2D eigenvalue weighted by molar-refractivity contribution is 7.21. The molecule has 0 saturated carbocycles. The van der Waals surface area contributed by atoms with E-state index >= 15 is 0 Å². The van der Waals surface area contributed by atoms with E-state index in [2.05, 4.69) is 10.3 Å². The van der Waals surface area contributed by atoms with Crippen LogP contribution in [0.3, 0.4) is 0 Å². The van der Waals surface area contributed by atoms with E-state index in [1.165, 1.54) is 17.4 Å². The molecule has 1 N–H and O–H groups in total. The monoisotopic (exact) mass is 415 g/mol. The minimum Gasteiger partial charge on any atom is -0.381 e. The fraction of sp³-hybridized carbons (Fsp3) is 0.300. The van der Waals surface area contributed by atoms with Crippen LogP contribution in [0, 0.1) is 5.82 Å². The van der Waals surface area contributed by atoms with Crippen molar-refractivity contribution in [1.82, 2.24) is 14.7 Å². The molecule has 5 nitrogen and oxygen atoms in total. The SMILES string of the molecule is O=C(NCC1(c2cccc(F)c2)CCOCC1)c1cc2c(nc3sccn32)s1. The summed E-state index contributed by atoms with van der Waals surface area (Å²) in [5.41, 5.74) is 1.56. The third kappa shape index (κ3) is 3.01. The number of aromatic nitrogens is 2. The van der Waals surface area contributed by atoms with Crippen LogP contribution in [0.5, 0.6) is 0 Å². The van der Waals surface area contributed by atoms with Gasteiger partial charge in [-0.3, -0.25) is 9.20 Å². The van der Waals surface area contributed by atoms with Crippen LogP contribution in [0.4, 0.5) is 4.39 Å². The number of amides is 1. The molecule has 0 aliphatic carbocycles. The number of fused-ring (bicyclic) bond motifs is 3. The molecular formula is C20H18FN3O2S2. The Morgan fingerprint density at radius 2 is 2.18 bits per heavy atom. The zero-order chi connectivity index (χ0) is 19.1. The third-order valence-electron chi connectivity index (χ3n) is 5.44. The van der Waals surface area contributed by atoms with E-state index in [0.29, 0.717) is 24.6 Å². The standard InChI is InChI=1S/C20H18FN3O2S2/c21-14-3-1-2-13(10-14)20(4-7-26-8-5-20)12-22-17(25)16-11-15-18(28-16)23-19-24(15)6-9-27-19/h1-3,6,9-11H,4-5,7-8,12H2,(H,22,25). The predicted octanol–water partition coefficient (Wildman–Crippen LogP) is 4.23. The molecule has 4 heterocycles. The maximum atomic E-state index is 13.8. The molecule has 1 aliphatic heterocycles. The second-order valence-electron chi connectivity index (χ2n) is 7.05. The molecule has 0 spiro atoms. The summed E-state index contributed by atoms with van der Waals surface area (Å²) < 4.78 is 21.3. The van der Waals surface area contributed by atoms with Gasteiger partial charge in [-0.1, -0.05) is 12.1 Å². The average molecular weight is 416 g/mol. The third-order valence-corrected chi connectivity index (χ3v) is 7.21. The normalized spacial score (nSPS) is 16.6. The average Bonchev–Trinajstić information content (AvgIpc) is 3.39. The van der Waals surface area contributed by atoms with Gasteiger partial charge in [-0.25, -0.2) is 9.37 Å². The quantitative estimate of drug-likeness (QED) is 0.543. The lowest BCUT2D eigenvalue weighted by Gasteiger charge is -2.38. The summed E-state index contributed by atoms with van der Waals surface area (Å²) in [7, 11) is 0. The number of nitrogens with zero attached hydrogens (tertiary/aromatic N) is 2. The van der Waals surface area contributed by atoms with Gasteiger partial charge in [-0.15, -0.1) is 22.7 Å². The van der Waals surface area contributed by atoms with Gasteiger partial charge in [-0.05, 0) is 36.6 Å². The van der Waals surface area contributed by atoms with Crippen LogP contribution in [0.25, 0.3) is 15.3 Å². The summed E-state index contributed by atoms with van der Waals surface area (Å²) in [5, 5.41) is 5.06. The number of ether oxygens (including phenoxy) is 1. The molecule has 0 bridgehead atoms. The van der Waals surface area contributed by atoms with Crippen molar-refractivity contribution in [2.24, 2.45) is 0 Å². The lowest BCUT2D eigenvalue weighted by atomic mass is 9.74. The number of thiophene rings is 1. The number of halogens is 1. The first-order valence-corrected chi connectivity index (χ1v) is 10.8. The van der Waals surface area contributed by atoms with Crippen molar-refractivity contribution in [3.05, 3.63) is 58.2 Å². The Balaban J connectivity index is 1.39. The Morgan fingerprint density at radius 1 is 1.32 bits per heavy atom. The molecule has 8 heteroatoms. The maximum absolute atomic E-state index is 13.8. The van der Waals surface area contributed by atoms with Crippen LogP contribution < -0.4 is 5.32 Å². The topological polar surface area (TPSA) is 55.6 Å². The van der Waals surface area contributed by atoms with Crippen LogP contribution in [0.1, 0.15) is 28.1 Å². The molecule has 144 valence electrons. The second kappa shape index (κ2) is 6.95. The summed E-state index contributed by atoms with van der Waals surface area (Å²) in [6.45, 7) is 1.67. The highest BCUT2D eigenvalue weighted by Gasteiger charge is 2.35. The van der Waals surface area contributed by atoms with Gasteiger partial charge in [0.1, 0.15) is 10.6 Å². The second-order valence-corrected chi connectivity index (χ2v) is 8.96. The Bertz CT molecular complexity index is 1160. The first kappa shape index (κ1) is 17.8. The number of carbonyl (C=O) groups excluding carboxylic acids is 1. The summed E-state index contributed by atoms with van der Waals surface area (Å²) in [5.74, 6) is -0.371. The minimum absolute atomic E-state index is 0.116. The number of hydrogen-bond acceptors (Lipinski definition) is 5. The highest BCUT2D eigenvalue weighted by atomic mass is 32.1. The number of imidazole rings is 1. The Kier molecular flexibility index (Phi) is 4.41. The lowest BCUT2D eigenvalue weighted by molar-refractivity contribution is 0.0486. The molecule has 0 radical (unpaired) electrons. The van der Waals surface area contributed by atoms with Crippen molar-refractivity contribution < 1.29 is 13.9 Å². The van der Waals surface area contributed by atoms with E-state index < -0.39 is 0 Å². The van der Waals surface area contributed by atoms with Crippen LogP contribution in [-0.4, -0.2) is 35.1 Å². The van der Waals surface area contributed by atoms with Gasteiger partial charge < -0.3 is 10.1 Å². The Morgan fingerprint density at radius 3 is 3.00 bits per heavy atom. The van der Waals surface area contributed by atoms with Crippen LogP contribution >= 0.6 is 22.7 Å². The molecule has 1 aromatic carbocycles. The Labute approximate surface area is 168 Å². The molecule has 1 saturated heterocycles. The molecule has 0 atom stereocenters. The van der Waals surface area contributed by atoms with Crippen molar-refractivity contribution in [2.45, 2.75) is 18.3 Å². The molecule has 28 heavy (non-hydrogen) atoms. The smallest absolute Gasteiger partial charge is 0.261 e. The molecule has 1 amide bonds. The fourth-order valence-corrected chi connectivity index (χ4v) is 5.56. The van der Waals surface area contributed by atoms with E-state index in [0.717, 1.165) is 33.7 Å². The molecule has 4 aromatic rings. The van der Waals surface area contributed by atoms with E-state index in [9.17, 15) is 9.18 Å². The zero-order valence-corrected chi connectivity index (χ0v) is 16.6. The molecule has 3 aromatic heterocycles. The van der Waals surface area contributed by atoms with Crippen molar-refractivity contribution in [1.29, 1.82) is 0 Å². The molecular weight excluding hydrogens is 397 g/mol. The fourth-order valence-electron chi connectivity index (χ4n) is 3.84. The van der Waals surface area contributed by atoms with E-state index in [-0.39, 0.29) is 17.1 Å². The van der Waals surface area contributed by atoms with Crippen LogP contribution in [0.2, 0.25) is 0 Å². The van der Waals surface area contributed by atoms with Crippen molar-refractivity contribution in [2.75, 3.05) is 19.8 Å². The van der Waals surface area contributed by atoms with Gasteiger partial charge in [0.15, 0.2) is 4.96 Å². The van der Waals surface area contributed by atoms with E-state index in [1.54, 1.807) is 23.5 Å². The minimum atomic E-state index is -0.310. The summed E-state index contributed by atoms with van der Waals surface area (Å²) in [6.07, 6.45) is 3.47. The number of nitrogens with one attached hydrogen (secondary N) is 1. The Hall–Kier alpha value is -2.29. The van der Waals surface area contributed by atoms with Gasteiger partial charge in [0.2, 0.25) is 0 Å². The van der Waals surface area contributed by atoms with Crippen LogP contribution in [-0.2, 0) is 10.2 Å². The predicted molar refractivity (Wildman–Crippen MR) is 109 cm³/mol. The molecule has 0 unspecified atom stereocenters. The van der Waals surface area contributed by atoms with Gasteiger partial charge >= 0.3 is 0 Å². The molecule has 1 aliphatic rings. The molecule has 1 fully saturated rings. The van der Waals surface area contributed by atoms with Gasteiger partial charge in [-0.2, -0.15) is 0 Å². The van der Waals surface area contributed by atoms with Gasteiger partial charge in [0.25, 0.3) is 5.91 Å². The summed E-state index contributed by atoms with van der Waals surface area (Å²) in [4.78, 5) is 19.8. The summed E-state index contributed by atoms with van der Waals surface area (Å²) in [6, 6.07) is 8.58. The highest BCUT2D eigenvalue weighted by Crippen LogP contribution is 2.35. The summed E-state index contributed by atoms with van der Waals surface area (Å²) >= 11 is 2.97. The number of carbonyl (C=O) groups is 1. The van der Waals surface area contributed by atoms with E-state index in [1.807, 2.05) is 28.1 Å². The zero-order valence-electron chi connectivity index (χ0n) is 15.0. The van der Waals surface area contributed by atoms with Gasteiger partial charge in [0, 0.05) is 36.8 Å². The molecule has 5 rings (SSSR count). The largest absolute Gasteiger partial charge is 0.381 e. The van der Waals surface area contributed by atoms with Crippen molar-refractivity contribution in [3.8, 4) is 0 Å². The first-order chi connectivity index (χ1) is 13.6. The van der Waals surface area contributed by atoms with Crippen LogP contribution in [0.15, 0.2) is 41.9 Å². The lowest BCUT2D eigenvalue weighted by Crippen LogP contribution is -2.44. The number of thiazole rings is 1.